The zero-order valence-electron chi connectivity index (χ0n) is 19.7. The molecule has 8 nitrogen and oxygen atoms in total. The molecular formula is C25H24FN3O5S2. The van der Waals surface area contributed by atoms with Gasteiger partial charge in [0.2, 0.25) is 5.91 Å². The van der Waals surface area contributed by atoms with Crippen LogP contribution in [0.1, 0.15) is 18.5 Å². The smallest absolute Gasteiger partial charge is 0.229 e. The molecule has 0 bridgehead atoms. The summed E-state index contributed by atoms with van der Waals surface area (Å²) in [5, 5.41) is 0.421. The van der Waals surface area contributed by atoms with Gasteiger partial charge in [-0.25, -0.2) is 17.8 Å². The van der Waals surface area contributed by atoms with Gasteiger partial charge in [-0.15, -0.1) is 0 Å². The third kappa shape index (κ3) is 5.63. The summed E-state index contributed by atoms with van der Waals surface area (Å²) in [5.74, 6) is 0.0861. The zero-order valence-corrected chi connectivity index (χ0v) is 21.3. The number of methoxy groups -OCH3 is 2. The number of halogens is 1. The molecule has 0 fully saturated rings. The number of carbonyl (C=O) groups is 1. The predicted molar refractivity (Wildman–Crippen MR) is 136 cm³/mol. The molecule has 0 spiro atoms. The number of hydrogen-bond donors (Lipinski definition) is 0. The van der Waals surface area contributed by atoms with Crippen molar-refractivity contribution in [2.24, 2.45) is 0 Å². The van der Waals surface area contributed by atoms with Crippen LogP contribution in [-0.4, -0.2) is 44.3 Å². The molecule has 0 aliphatic heterocycles. The van der Waals surface area contributed by atoms with Gasteiger partial charge < -0.3 is 9.47 Å². The Morgan fingerprint density at radius 1 is 1.03 bits per heavy atom. The molecule has 11 heteroatoms. The minimum Gasteiger partial charge on any atom is -0.495 e. The number of aromatic nitrogens is 2. The van der Waals surface area contributed by atoms with Crippen LogP contribution in [0.25, 0.3) is 10.2 Å². The number of ether oxygens (including phenoxy) is 2. The lowest BCUT2D eigenvalue weighted by Crippen LogP contribution is -2.30. The van der Waals surface area contributed by atoms with Gasteiger partial charge in [-0.2, -0.15) is 0 Å². The molecule has 4 rings (SSSR count). The lowest BCUT2D eigenvalue weighted by Gasteiger charge is -2.19. The van der Waals surface area contributed by atoms with Gasteiger partial charge in [0.15, 0.2) is 15.0 Å². The summed E-state index contributed by atoms with van der Waals surface area (Å²) in [7, 11) is -0.561. The van der Waals surface area contributed by atoms with Crippen molar-refractivity contribution in [1.29, 1.82) is 0 Å². The van der Waals surface area contributed by atoms with Gasteiger partial charge in [0.05, 0.1) is 37.1 Å². The van der Waals surface area contributed by atoms with Crippen LogP contribution in [0.4, 0.5) is 9.52 Å². The summed E-state index contributed by atoms with van der Waals surface area (Å²) < 4.78 is 50.0. The van der Waals surface area contributed by atoms with E-state index in [-0.39, 0.29) is 35.9 Å². The van der Waals surface area contributed by atoms with E-state index in [0.29, 0.717) is 27.8 Å². The Bertz CT molecular complexity index is 1420. The number of benzene rings is 2. The SMILES string of the molecule is COc1ccc(OC)c2sc(N(Cc3ccccn3)C(=O)CCCS(=O)(=O)c3ccc(F)cc3)nc12. The Balaban J connectivity index is 1.59. The minimum absolute atomic E-state index is 0.0204. The molecule has 0 saturated heterocycles. The lowest BCUT2D eigenvalue weighted by atomic mass is 10.2. The third-order valence-corrected chi connectivity index (χ3v) is 8.36. The van der Waals surface area contributed by atoms with Crippen LogP contribution in [0.15, 0.2) is 65.7 Å². The van der Waals surface area contributed by atoms with Crippen LogP contribution in [0, 0.1) is 5.82 Å². The van der Waals surface area contributed by atoms with Gasteiger partial charge in [-0.3, -0.25) is 14.7 Å². The highest BCUT2D eigenvalue weighted by atomic mass is 32.2. The van der Waals surface area contributed by atoms with Gasteiger partial charge in [0, 0.05) is 12.6 Å². The molecule has 0 saturated carbocycles. The Morgan fingerprint density at radius 2 is 1.75 bits per heavy atom. The van der Waals surface area contributed by atoms with Crippen molar-refractivity contribution in [2.75, 3.05) is 24.9 Å². The fourth-order valence-corrected chi connectivity index (χ4v) is 6.02. The highest BCUT2D eigenvalue weighted by molar-refractivity contribution is 7.91. The number of anilines is 1. The van der Waals surface area contributed by atoms with Crippen molar-refractivity contribution in [3.05, 3.63) is 72.3 Å². The third-order valence-electron chi connectivity index (χ3n) is 5.45. The van der Waals surface area contributed by atoms with Gasteiger partial charge in [-0.1, -0.05) is 17.4 Å². The lowest BCUT2D eigenvalue weighted by molar-refractivity contribution is -0.118. The van der Waals surface area contributed by atoms with Crippen LogP contribution in [0.2, 0.25) is 0 Å². The molecule has 2 aromatic carbocycles. The molecule has 1 amide bonds. The molecule has 0 unspecified atom stereocenters. The first-order valence-corrected chi connectivity index (χ1v) is 13.5. The quantitative estimate of drug-likeness (QED) is 0.276. The maximum absolute atomic E-state index is 13.4. The van der Waals surface area contributed by atoms with Crippen molar-refractivity contribution >= 4 is 42.4 Å². The molecule has 2 heterocycles. The predicted octanol–water partition coefficient (Wildman–Crippen LogP) is 4.63. The average Bonchev–Trinajstić information content (AvgIpc) is 3.32. The summed E-state index contributed by atoms with van der Waals surface area (Å²) in [5.41, 5.74) is 1.22. The second-order valence-corrected chi connectivity index (χ2v) is 10.9. The molecule has 188 valence electrons. The van der Waals surface area contributed by atoms with E-state index in [4.69, 9.17) is 9.47 Å². The van der Waals surface area contributed by atoms with Gasteiger partial charge in [-0.05, 0) is 55.0 Å². The van der Waals surface area contributed by atoms with Crippen LogP contribution < -0.4 is 14.4 Å². The number of carbonyl (C=O) groups excluding carboxylic acids is 1. The van der Waals surface area contributed by atoms with Crippen molar-refractivity contribution in [2.45, 2.75) is 24.3 Å². The van der Waals surface area contributed by atoms with Crippen LogP contribution in [0.5, 0.6) is 11.5 Å². The van der Waals surface area contributed by atoms with Gasteiger partial charge >= 0.3 is 0 Å². The molecule has 4 aromatic rings. The van der Waals surface area contributed by atoms with E-state index in [1.165, 1.54) is 28.4 Å². The second kappa shape index (κ2) is 11.0. The summed E-state index contributed by atoms with van der Waals surface area (Å²) >= 11 is 1.28. The standard InChI is InChI=1S/C25H24FN3O5S2/c1-33-20-12-13-21(34-2)24-23(20)28-25(35-24)29(16-18-6-3-4-14-27-18)22(30)7-5-15-36(31,32)19-10-8-17(26)9-11-19/h3-4,6,8-14H,5,7,15-16H2,1-2H3. The molecule has 2 aromatic heterocycles. The van der Waals surface area contributed by atoms with Gasteiger partial charge in [0.1, 0.15) is 27.5 Å². The highest BCUT2D eigenvalue weighted by Crippen LogP contribution is 2.40. The molecule has 0 N–H and O–H groups in total. The molecule has 0 radical (unpaired) electrons. The Kier molecular flexibility index (Phi) is 7.80. The maximum atomic E-state index is 13.4. The molecule has 0 atom stereocenters. The van der Waals surface area contributed by atoms with Crippen LogP contribution in [0.3, 0.4) is 0 Å². The average molecular weight is 530 g/mol. The number of amides is 1. The van der Waals surface area contributed by atoms with E-state index in [1.807, 2.05) is 6.07 Å². The number of thiazole rings is 1. The molecule has 36 heavy (non-hydrogen) atoms. The van der Waals surface area contributed by atoms with Gasteiger partial charge in [0.25, 0.3) is 0 Å². The number of sulfone groups is 1. The normalized spacial score (nSPS) is 11.4. The van der Waals surface area contributed by atoms with Crippen molar-refractivity contribution < 1.29 is 27.1 Å². The largest absolute Gasteiger partial charge is 0.495 e. The van der Waals surface area contributed by atoms with E-state index < -0.39 is 15.7 Å². The Labute approximate surface area is 212 Å². The highest BCUT2D eigenvalue weighted by Gasteiger charge is 2.24. The van der Waals surface area contributed by atoms with Crippen molar-refractivity contribution in [1.82, 2.24) is 9.97 Å². The fourth-order valence-electron chi connectivity index (χ4n) is 3.61. The van der Waals surface area contributed by atoms with Crippen LogP contribution >= 0.6 is 11.3 Å². The zero-order chi connectivity index (χ0) is 25.7. The number of fused-ring (bicyclic) bond motifs is 1. The first kappa shape index (κ1) is 25.5. The molecule has 0 aliphatic carbocycles. The second-order valence-electron chi connectivity index (χ2n) is 7.82. The maximum Gasteiger partial charge on any atom is 0.229 e. The monoisotopic (exact) mass is 529 g/mol. The fraction of sp³-hybridized carbons (Fsp3) is 0.240. The summed E-state index contributed by atoms with van der Waals surface area (Å²) in [6.07, 6.45) is 1.70. The molecular weight excluding hydrogens is 505 g/mol. The van der Waals surface area contributed by atoms with Crippen molar-refractivity contribution in [3.8, 4) is 11.5 Å². The summed E-state index contributed by atoms with van der Waals surface area (Å²) in [4.78, 5) is 23.9. The van der Waals surface area contributed by atoms with Crippen molar-refractivity contribution in [3.63, 3.8) is 0 Å². The number of hydrogen-bond acceptors (Lipinski definition) is 8. The minimum atomic E-state index is -3.66. The van der Waals surface area contributed by atoms with E-state index >= 15 is 0 Å². The van der Waals surface area contributed by atoms with E-state index in [9.17, 15) is 17.6 Å². The molecule has 0 aliphatic rings. The summed E-state index contributed by atoms with van der Waals surface area (Å²) in [6.45, 7) is 0.162. The number of rotatable bonds is 10. The Hall–Kier alpha value is -3.57. The van der Waals surface area contributed by atoms with E-state index in [1.54, 1.807) is 44.7 Å². The number of pyridine rings is 1. The number of nitrogens with zero attached hydrogens (tertiary/aromatic N) is 3. The topological polar surface area (TPSA) is 98.7 Å². The Morgan fingerprint density at radius 3 is 2.42 bits per heavy atom. The first-order chi connectivity index (χ1) is 17.3. The van der Waals surface area contributed by atoms with E-state index in [0.717, 1.165) is 16.8 Å². The summed E-state index contributed by atoms with van der Waals surface area (Å²) in [6, 6.07) is 13.6. The first-order valence-electron chi connectivity index (χ1n) is 11.0. The van der Waals surface area contributed by atoms with Crippen LogP contribution in [-0.2, 0) is 21.2 Å². The van der Waals surface area contributed by atoms with E-state index in [2.05, 4.69) is 9.97 Å².